The van der Waals surface area contributed by atoms with Crippen molar-refractivity contribution in [3.05, 3.63) is 42.4 Å². The molecule has 4 nitrogen and oxygen atoms in total. The second-order valence-electron chi connectivity index (χ2n) is 6.61. The van der Waals surface area contributed by atoms with Crippen molar-refractivity contribution in [2.45, 2.75) is 42.8 Å². The van der Waals surface area contributed by atoms with E-state index in [-0.39, 0.29) is 9.81 Å². The predicted molar refractivity (Wildman–Crippen MR) is 156 cm³/mol. The molecule has 2 rings (SSSR count). The summed E-state index contributed by atoms with van der Waals surface area (Å²) < 4.78 is 39.5. The first-order chi connectivity index (χ1) is 14.2. The van der Waals surface area contributed by atoms with Crippen LogP contribution in [0.3, 0.4) is 0 Å². The summed E-state index contributed by atoms with van der Waals surface area (Å²) in [6.07, 6.45) is 4.58. The highest BCUT2D eigenvalue weighted by molar-refractivity contribution is 9.27. The van der Waals surface area contributed by atoms with Gasteiger partial charge in [0.1, 0.15) is 37.5 Å². The van der Waals surface area contributed by atoms with Gasteiger partial charge in [0.25, 0.3) is 0 Å². The Morgan fingerprint density at radius 3 is 1.42 bits per heavy atom. The molecular weight excluding hydrogens is 951 g/mol. The molecule has 2 aliphatic carbocycles. The van der Waals surface area contributed by atoms with Crippen LogP contribution in [0.1, 0.15) is 26.7 Å². The van der Waals surface area contributed by atoms with Gasteiger partial charge in [-0.3, -0.25) is 0 Å². The SMILES string of the molecule is CCCOC1=C(S(=O)(=O)C2=C(OCCC)C(Br)C(Br)(Br)C(Br)=C2)C=C(Br)C(Br)(Br)C1Br. The largest absolute Gasteiger partial charge is 0.495 e. The third kappa shape index (κ3) is 6.02. The predicted octanol–water partition coefficient (Wildman–Crippen LogP) is 8.76. The number of hydrogen-bond acceptors (Lipinski definition) is 4. The van der Waals surface area contributed by atoms with Crippen LogP contribution in [0.25, 0.3) is 0 Å². The van der Waals surface area contributed by atoms with Crippen LogP contribution < -0.4 is 0 Å². The fraction of sp³-hybridized carbons (Fsp3) is 0.556. The number of halogens is 8. The van der Waals surface area contributed by atoms with Crippen LogP contribution in [0.4, 0.5) is 0 Å². The van der Waals surface area contributed by atoms with E-state index in [9.17, 15) is 8.42 Å². The summed E-state index contributed by atoms with van der Waals surface area (Å²) >= 11 is 28.5. The summed E-state index contributed by atoms with van der Waals surface area (Å²) in [4.78, 5) is -0.855. The average Bonchev–Trinajstić information content (AvgIpc) is 2.69. The number of hydrogen-bond donors (Lipinski definition) is 0. The normalized spacial score (nSPS) is 25.9. The second kappa shape index (κ2) is 11.6. The van der Waals surface area contributed by atoms with Crippen molar-refractivity contribution in [2.75, 3.05) is 13.2 Å². The van der Waals surface area contributed by atoms with Crippen LogP contribution in [0.5, 0.6) is 0 Å². The second-order valence-corrected chi connectivity index (χ2v) is 19.2. The molecule has 2 atom stereocenters. The Kier molecular flexibility index (Phi) is 11.1. The first-order valence-corrected chi connectivity index (χ1v) is 17.1. The number of ether oxygens (including phenoxy) is 2. The maximum Gasteiger partial charge on any atom is 0.213 e. The van der Waals surface area contributed by atoms with Gasteiger partial charge in [-0.1, -0.05) is 141 Å². The Bertz CT molecular complexity index is 880. The van der Waals surface area contributed by atoms with Gasteiger partial charge in [0.2, 0.25) is 9.84 Å². The van der Waals surface area contributed by atoms with Crippen LogP contribution in [-0.4, -0.2) is 37.8 Å². The lowest BCUT2D eigenvalue weighted by atomic mass is 10.1. The van der Waals surface area contributed by atoms with Crippen LogP contribution in [0, 0.1) is 0 Å². The van der Waals surface area contributed by atoms with Crippen molar-refractivity contribution < 1.29 is 17.9 Å². The van der Waals surface area contributed by atoms with Crippen LogP contribution in [0.2, 0.25) is 0 Å². The van der Waals surface area contributed by atoms with Crippen molar-refractivity contribution >= 4 is 137 Å². The van der Waals surface area contributed by atoms with E-state index in [1.54, 1.807) is 12.2 Å². The molecule has 2 unspecified atom stereocenters. The van der Waals surface area contributed by atoms with Gasteiger partial charge in [0.15, 0.2) is 0 Å². The molecule has 13 heteroatoms. The summed E-state index contributed by atoms with van der Waals surface area (Å²) in [5, 5.41) is 0. The molecular formula is C18H18Br8O4S. The average molecular weight is 970 g/mol. The molecule has 0 radical (unpaired) electrons. The van der Waals surface area contributed by atoms with Crippen LogP contribution >= 0.6 is 127 Å². The third-order valence-corrected chi connectivity index (χ3v) is 18.1. The molecule has 0 N–H and O–H groups in total. The quantitative estimate of drug-likeness (QED) is 0.229. The Morgan fingerprint density at radius 2 is 1.13 bits per heavy atom. The molecule has 0 fully saturated rings. The van der Waals surface area contributed by atoms with Gasteiger partial charge in [0.05, 0.1) is 13.2 Å². The first kappa shape index (κ1) is 29.6. The van der Waals surface area contributed by atoms with E-state index in [1.807, 2.05) is 13.8 Å². The maximum absolute atomic E-state index is 14.0. The molecule has 0 bridgehead atoms. The number of rotatable bonds is 8. The molecule has 176 valence electrons. The maximum atomic E-state index is 14.0. The minimum Gasteiger partial charge on any atom is -0.495 e. The smallest absolute Gasteiger partial charge is 0.213 e. The van der Waals surface area contributed by atoms with E-state index < -0.39 is 26.0 Å². The summed E-state index contributed by atoms with van der Waals surface area (Å²) in [5.74, 6) is 0.623. The standard InChI is InChI=1S/C18H18Br8O4S/c1-3-5-29-13-9(7-11(19)17(23,24)15(13)21)31(27,28)10-8-12(20)18(25,26)16(22)14(10)30-6-4-2/h7-8,15-16H,3-6H2,1-2H3. The van der Waals surface area contributed by atoms with Crippen molar-refractivity contribution in [3.8, 4) is 0 Å². The Hall–Kier alpha value is 2.35. The summed E-state index contributed by atoms with van der Waals surface area (Å²) in [5.41, 5.74) is 0. The first-order valence-electron chi connectivity index (χ1n) is 9.02. The van der Waals surface area contributed by atoms with Gasteiger partial charge in [0, 0.05) is 8.96 Å². The van der Waals surface area contributed by atoms with Crippen LogP contribution in [-0.2, 0) is 19.3 Å². The molecule has 0 aromatic carbocycles. The molecule has 0 aliphatic heterocycles. The van der Waals surface area contributed by atoms with Crippen molar-refractivity contribution in [1.29, 1.82) is 0 Å². The highest BCUT2D eigenvalue weighted by atomic mass is 79.9. The monoisotopic (exact) mass is 961 g/mol. The van der Waals surface area contributed by atoms with E-state index in [4.69, 9.17) is 9.47 Å². The lowest BCUT2D eigenvalue weighted by Gasteiger charge is -2.35. The summed E-state index contributed by atoms with van der Waals surface area (Å²) in [6.45, 7) is 4.68. The molecule has 0 spiro atoms. The highest BCUT2D eigenvalue weighted by Crippen LogP contribution is 2.55. The molecule has 0 saturated heterocycles. The third-order valence-electron chi connectivity index (χ3n) is 4.24. The van der Waals surface area contributed by atoms with Gasteiger partial charge in [-0.25, -0.2) is 8.42 Å². The molecule has 0 amide bonds. The molecule has 0 saturated carbocycles. The zero-order chi connectivity index (χ0) is 23.8. The Labute approximate surface area is 250 Å². The molecule has 2 aliphatic rings. The van der Waals surface area contributed by atoms with E-state index >= 15 is 0 Å². The van der Waals surface area contributed by atoms with Crippen LogP contribution in [0.15, 0.2) is 42.4 Å². The lowest BCUT2D eigenvalue weighted by molar-refractivity contribution is 0.203. The highest BCUT2D eigenvalue weighted by Gasteiger charge is 2.49. The summed E-state index contributed by atoms with van der Waals surface area (Å²) in [6, 6.07) is 0. The Balaban J connectivity index is 2.79. The number of alkyl halides is 6. The van der Waals surface area contributed by atoms with E-state index in [2.05, 4.69) is 127 Å². The van der Waals surface area contributed by atoms with Gasteiger partial charge in [-0.15, -0.1) is 0 Å². The molecule has 31 heavy (non-hydrogen) atoms. The van der Waals surface area contributed by atoms with E-state index in [0.29, 0.717) is 33.7 Å². The van der Waals surface area contributed by atoms with Crippen molar-refractivity contribution in [2.24, 2.45) is 0 Å². The Morgan fingerprint density at radius 1 is 0.806 bits per heavy atom. The van der Waals surface area contributed by atoms with Gasteiger partial charge >= 0.3 is 0 Å². The zero-order valence-electron chi connectivity index (χ0n) is 16.2. The van der Waals surface area contributed by atoms with Gasteiger partial charge < -0.3 is 9.47 Å². The minimum atomic E-state index is -4.02. The van der Waals surface area contributed by atoms with Gasteiger partial charge in [-0.2, -0.15) is 0 Å². The summed E-state index contributed by atoms with van der Waals surface area (Å²) in [7, 11) is -4.02. The molecule has 0 aromatic rings. The number of sulfone groups is 1. The van der Waals surface area contributed by atoms with Gasteiger partial charge in [-0.05, 0) is 25.0 Å². The molecule has 0 heterocycles. The topological polar surface area (TPSA) is 52.6 Å². The minimum absolute atomic E-state index is 0.0599. The fourth-order valence-electron chi connectivity index (χ4n) is 2.64. The lowest BCUT2D eigenvalue weighted by Crippen LogP contribution is -2.36. The van der Waals surface area contributed by atoms with Crippen molar-refractivity contribution in [3.63, 3.8) is 0 Å². The fourth-order valence-corrected chi connectivity index (χ4v) is 8.98. The molecule has 0 aromatic heterocycles. The zero-order valence-corrected chi connectivity index (χ0v) is 29.7. The number of allylic oxidation sites excluding steroid dienone is 6. The van der Waals surface area contributed by atoms with Crippen molar-refractivity contribution in [1.82, 2.24) is 0 Å². The van der Waals surface area contributed by atoms with E-state index in [1.165, 1.54) is 0 Å². The van der Waals surface area contributed by atoms with E-state index in [0.717, 1.165) is 12.8 Å².